The van der Waals surface area contributed by atoms with Crippen molar-refractivity contribution in [3.63, 3.8) is 0 Å². The molecule has 2 N–H and O–H groups in total. The first-order chi connectivity index (χ1) is 12.5. The first-order valence-electron chi connectivity index (χ1n) is 9.11. The van der Waals surface area contributed by atoms with Crippen molar-refractivity contribution in [3.05, 3.63) is 24.5 Å². The van der Waals surface area contributed by atoms with Gasteiger partial charge < -0.3 is 10.2 Å². The first-order valence-corrected chi connectivity index (χ1v) is 10.6. The number of likely N-dealkylation sites (tertiary alicyclic amines) is 1. The third kappa shape index (κ3) is 5.39. The van der Waals surface area contributed by atoms with Crippen molar-refractivity contribution >= 4 is 16.0 Å². The number of rotatable bonds is 8. The van der Waals surface area contributed by atoms with Crippen LogP contribution in [0.15, 0.2) is 34.4 Å². The maximum atomic E-state index is 12.2. The van der Waals surface area contributed by atoms with Gasteiger partial charge in [-0.25, -0.2) is 13.1 Å². The molecule has 1 aromatic rings. The van der Waals surface area contributed by atoms with Crippen LogP contribution in [0.25, 0.3) is 0 Å². The summed E-state index contributed by atoms with van der Waals surface area (Å²) in [5, 5.41) is 3.25. The Morgan fingerprint density at radius 1 is 1.38 bits per heavy atom. The summed E-state index contributed by atoms with van der Waals surface area (Å²) in [7, 11) is -1.77. The van der Waals surface area contributed by atoms with Gasteiger partial charge in [0.25, 0.3) is 0 Å². The monoisotopic (exact) mass is 382 g/mol. The molecule has 1 unspecified atom stereocenters. The number of likely N-dealkylation sites (N-methyl/N-ethyl adjacent to an activating group) is 1. The van der Waals surface area contributed by atoms with Gasteiger partial charge in [-0.2, -0.15) is 0 Å². The van der Waals surface area contributed by atoms with E-state index >= 15 is 0 Å². The molecule has 9 heteroatoms. The quantitative estimate of drug-likeness (QED) is 0.383. The minimum atomic E-state index is -3.52. The predicted molar refractivity (Wildman–Crippen MR) is 104 cm³/mol. The van der Waals surface area contributed by atoms with Crippen molar-refractivity contribution in [1.29, 1.82) is 0 Å². The summed E-state index contributed by atoms with van der Waals surface area (Å²) < 4.78 is 26.9. The second-order valence-electron chi connectivity index (χ2n) is 6.17. The van der Waals surface area contributed by atoms with E-state index in [0.29, 0.717) is 12.6 Å². The minimum Gasteiger partial charge on any atom is -0.355 e. The summed E-state index contributed by atoms with van der Waals surface area (Å²) in [4.78, 5) is 13.1. The van der Waals surface area contributed by atoms with Crippen LogP contribution in [0.5, 0.6) is 0 Å². The highest BCUT2D eigenvalue weighted by Gasteiger charge is 2.27. The Kier molecular flexibility index (Phi) is 7.80. The summed E-state index contributed by atoms with van der Waals surface area (Å²) in [5.41, 5.74) is 0. The topological polar surface area (TPSA) is 89.9 Å². The molecule has 1 aromatic heterocycles. The van der Waals surface area contributed by atoms with E-state index in [-0.39, 0.29) is 11.4 Å². The molecule has 0 bridgehead atoms. The van der Waals surface area contributed by atoms with E-state index < -0.39 is 10.0 Å². The molecular formula is C17H30N6O2S. The Balaban J connectivity index is 1.80. The standard InChI is InChI=1S/C17H30N6O2S/c1-4-22(5-2)15-8-12-23(14-15)17(18-3)20-10-11-21-26(24,25)16-7-6-9-19-13-16/h6-7,9,13,15,21H,4-5,8,10-12,14H2,1-3H3,(H,18,20). The average molecular weight is 383 g/mol. The Morgan fingerprint density at radius 2 is 2.15 bits per heavy atom. The number of sulfonamides is 1. The number of pyridine rings is 1. The van der Waals surface area contributed by atoms with Crippen molar-refractivity contribution < 1.29 is 8.42 Å². The summed E-state index contributed by atoms with van der Waals surface area (Å²) in [6, 6.07) is 3.68. The van der Waals surface area contributed by atoms with Crippen LogP contribution >= 0.6 is 0 Å². The second kappa shape index (κ2) is 9.84. The Hall–Kier alpha value is -1.71. The van der Waals surface area contributed by atoms with Crippen LogP contribution in [0.2, 0.25) is 0 Å². The zero-order valence-electron chi connectivity index (χ0n) is 15.9. The third-order valence-corrected chi connectivity index (χ3v) is 6.09. The second-order valence-corrected chi connectivity index (χ2v) is 7.94. The van der Waals surface area contributed by atoms with Gasteiger partial charge in [-0.05, 0) is 31.6 Å². The van der Waals surface area contributed by atoms with Crippen LogP contribution in [0.1, 0.15) is 20.3 Å². The number of guanidine groups is 1. The molecule has 0 aliphatic carbocycles. The van der Waals surface area contributed by atoms with Gasteiger partial charge in [-0.15, -0.1) is 0 Å². The summed E-state index contributed by atoms with van der Waals surface area (Å²) in [6.45, 7) is 9.14. The molecule has 0 spiro atoms. The Labute approximate surface area is 156 Å². The van der Waals surface area contributed by atoms with Gasteiger partial charge in [0.2, 0.25) is 10.0 Å². The molecule has 0 saturated carbocycles. The van der Waals surface area contributed by atoms with E-state index in [1.165, 1.54) is 12.3 Å². The van der Waals surface area contributed by atoms with Gasteiger partial charge in [0.15, 0.2) is 5.96 Å². The van der Waals surface area contributed by atoms with Crippen LogP contribution in [0.4, 0.5) is 0 Å². The van der Waals surface area contributed by atoms with E-state index in [9.17, 15) is 8.42 Å². The van der Waals surface area contributed by atoms with E-state index in [0.717, 1.165) is 38.6 Å². The molecule has 2 rings (SSSR count). The van der Waals surface area contributed by atoms with Gasteiger partial charge in [-0.3, -0.25) is 14.9 Å². The minimum absolute atomic E-state index is 0.172. The normalized spacial score (nSPS) is 18.5. The van der Waals surface area contributed by atoms with E-state index in [2.05, 4.69) is 43.7 Å². The molecule has 1 aliphatic heterocycles. The lowest BCUT2D eigenvalue weighted by molar-refractivity contribution is 0.223. The summed E-state index contributed by atoms with van der Waals surface area (Å²) in [6.07, 6.45) is 4.01. The first kappa shape index (κ1) is 20.6. The fourth-order valence-electron chi connectivity index (χ4n) is 3.25. The van der Waals surface area contributed by atoms with E-state index in [4.69, 9.17) is 0 Å². The highest BCUT2D eigenvalue weighted by Crippen LogP contribution is 2.15. The SMILES string of the molecule is CCN(CC)C1CCN(C(=NC)NCCNS(=O)(=O)c2cccnc2)C1. The summed E-state index contributed by atoms with van der Waals surface area (Å²) in [5.74, 6) is 0.820. The van der Waals surface area contributed by atoms with Gasteiger partial charge in [0.1, 0.15) is 4.90 Å². The molecule has 2 heterocycles. The van der Waals surface area contributed by atoms with Gasteiger partial charge in [0, 0.05) is 51.7 Å². The smallest absolute Gasteiger partial charge is 0.242 e. The van der Waals surface area contributed by atoms with Crippen molar-refractivity contribution in [1.82, 2.24) is 24.8 Å². The summed E-state index contributed by atoms with van der Waals surface area (Å²) >= 11 is 0. The molecule has 1 atom stereocenters. The van der Waals surface area contributed by atoms with Crippen LogP contribution < -0.4 is 10.0 Å². The van der Waals surface area contributed by atoms with Gasteiger partial charge >= 0.3 is 0 Å². The number of aromatic nitrogens is 1. The van der Waals surface area contributed by atoms with Crippen LogP contribution in [-0.2, 0) is 10.0 Å². The largest absolute Gasteiger partial charge is 0.355 e. The number of aliphatic imine (C=N–C) groups is 1. The maximum Gasteiger partial charge on any atom is 0.242 e. The third-order valence-electron chi connectivity index (χ3n) is 4.65. The Morgan fingerprint density at radius 3 is 2.77 bits per heavy atom. The number of hydrogen-bond acceptors (Lipinski definition) is 5. The lowest BCUT2D eigenvalue weighted by Crippen LogP contribution is -2.45. The molecule has 0 amide bonds. The zero-order chi connectivity index (χ0) is 19.0. The molecule has 8 nitrogen and oxygen atoms in total. The van der Waals surface area contributed by atoms with Crippen LogP contribution in [0, 0.1) is 0 Å². The highest BCUT2D eigenvalue weighted by molar-refractivity contribution is 7.89. The average Bonchev–Trinajstić information content (AvgIpc) is 3.13. The highest BCUT2D eigenvalue weighted by atomic mass is 32.2. The van der Waals surface area contributed by atoms with Gasteiger partial charge in [-0.1, -0.05) is 13.8 Å². The molecular weight excluding hydrogens is 352 g/mol. The molecule has 1 saturated heterocycles. The predicted octanol–water partition coefficient (Wildman–Crippen LogP) is 0.351. The Bertz CT molecular complexity index is 676. The van der Waals surface area contributed by atoms with Crippen molar-refractivity contribution in [2.24, 2.45) is 4.99 Å². The fourth-order valence-corrected chi connectivity index (χ4v) is 4.25. The molecule has 1 aliphatic rings. The van der Waals surface area contributed by atoms with Crippen molar-refractivity contribution in [2.75, 3.05) is 46.3 Å². The molecule has 0 aromatic carbocycles. The fraction of sp³-hybridized carbons (Fsp3) is 0.647. The number of nitrogens with zero attached hydrogens (tertiary/aromatic N) is 4. The molecule has 146 valence electrons. The van der Waals surface area contributed by atoms with Crippen molar-refractivity contribution in [2.45, 2.75) is 31.2 Å². The maximum absolute atomic E-state index is 12.2. The van der Waals surface area contributed by atoms with Crippen molar-refractivity contribution in [3.8, 4) is 0 Å². The van der Waals surface area contributed by atoms with Gasteiger partial charge in [0.05, 0.1) is 0 Å². The van der Waals surface area contributed by atoms with Crippen LogP contribution in [-0.4, -0.2) is 81.5 Å². The number of hydrogen-bond donors (Lipinski definition) is 2. The lowest BCUT2D eigenvalue weighted by Gasteiger charge is -2.27. The van der Waals surface area contributed by atoms with E-state index in [1.807, 2.05) is 0 Å². The lowest BCUT2D eigenvalue weighted by atomic mass is 10.2. The zero-order valence-corrected chi connectivity index (χ0v) is 16.7. The van der Waals surface area contributed by atoms with Crippen LogP contribution in [0.3, 0.4) is 0 Å². The van der Waals surface area contributed by atoms with E-state index in [1.54, 1.807) is 19.3 Å². The molecule has 0 radical (unpaired) electrons. The number of nitrogens with one attached hydrogen (secondary N) is 2. The molecule has 1 fully saturated rings. The molecule has 26 heavy (non-hydrogen) atoms.